The Morgan fingerprint density at radius 3 is 2.42 bits per heavy atom. The van der Waals surface area contributed by atoms with E-state index in [2.05, 4.69) is 15.6 Å². The molecule has 1 heterocycles. The minimum atomic E-state index is -0.222. The molecule has 0 saturated carbocycles. The van der Waals surface area contributed by atoms with E-state index in [4.69, 9.17) is 14.2 Å². The van der Waals surface area contributed by atoms with Crippen LogP contribution in [0.1, 0.15) is 25.3 Å². The molecule has 0 aliphatic carbocycles. The molecule has 1 atom stereocenters. The number of ether oxygens (including phenoxy) is 3. The first-order valence-electron chi connectivity index (χ1n) is 10.6. The van der Waals surface area contributed by atoms with Gasteiger partial charge in [-0.15, -0.1) is 0 Å². The van der Waals surface area contributed by atoms with Gasteiger partial charge in [0.15, 0.2) is 17.5 Å². The molecule has 0 radical (unpaired) electrons. The quantitative estimate of drug-likeness (QED) is 0.497. The average molecular weight is 430 g/mol. The van der Waals surface area contributed by atoms with E-state index in [0.717, 1.165) is 18.4 Å². The van der Waals surface area contributed by atoms with Crippen LogP contribution < -0.4 is 20.1 Å². The van der Waals surface area contributed by atoms with Crippen LogP contribution in [0.25, 0.3) is 0 Å². The van der Waals surface area contributed by atoms with E-state index in [-0.39, 0.29) is 17.3 Å². The molecule has 0 spiro atoms. The fourth-order valence-corrected chi connectivity index (χ4v) is 3.82. The molecule has 1 aliphatic heterocycles. The fraction of sp³-hybridized carbons (Fsp3) is 0.458. The Morgan fingerprint density at radius 1 is 1.10 bits per heavy atom. The largest absolute Gasteiger partial charge is 0.493 e. The smallest absolute Gasteiger partial charge is 0.191 e. The molecule has 1 saturated heterocycles. The summed E-state index contributed by atoms with van der Waals surface area (Å²) < 4.78 is 30.4. The van der Waals surface area contributed by atoms with Gasteiger partial charge in [-0.2, -0.15) is 0 Å². The Hall–Kier alpha value is -2.80. The molecule has 0 amide bonds. The summed E-state index contributed by atoms with van der Waals surface area (Å²) in [6, 6.07) is 14.4. The van der Waals surface area contributed by atoms with Gasteiger partial charge in [0.1, 0.15) is 11.9 Å². The van der Waals surface area contributed by atoms with E-state index in [0.29, 0.717) is 43.8 Å². The number of para-hydroxylation sites is 2. The zero-order valence-corrected chi connectivity index (χ0v) is 18.5. The zero-order valence-electron chi connectivity index (χ0n) is 18.5. The number of hydrogen-bond donors (Lipinski definition) is 2. The van der Waals surface area contributed by atoms with Crippen molar-refractivity contribution in [3.05, 3.63) is 59.9 Å². The molecule has 1 unspecified atom stereocenters. The maximum Gasteiger partial charge on any atom is 0.191 e. The van der Waals surface area contributed by atoms with E-state index >= 15 is 0 Å². The highest BCUT2D eigenvalue weighted by molar-refractivity contribution is 5.79. The number of methoxy groups -OCH3 is 1. The lowest BCUT2D eigenvalue weighted by atomic mass is 9.74. The Labute approximate surface area is 183 Å². The van der Waals surface area contributed by atoms with Gasteiger partial charge in [0.2, 0.25) is 0 Å². The third kappa shape index (κ3) is 6.10. The average Bonchev–Trinajstić information content (AvgIpc) is 2.80. The van der Waals surface area contributed by atoms with Crippen LogP contribution in [0.2, 0.25) is 0 Å². The summed E-state index contributed by atoms with van der Waals surface area (Å²) >= 11 is 0. The Bertz CT molecular complexity index is 851. The van der Waals surface area contributed by atoms with Crippen LogP contribution >= 0.6 is 0 Å². The van der Waals surface area contributed by atoms with E-state index in [1.165, 1.54) is 12.1 Å². The monoisotopic (exact) mass is 429 g/mol. The number of rotatable bonds is 8. The summed E-state index contributed by atoms with van der Waals surface area (Å²) in [5.74, 6) is 1.89. The molecule has 2 aromatic rings. The Balaban J connectivity index is 1.57. The van der Waals surface area contributed by atoms with Crippen molar-refractivity contribution in [3.63, 3.8) is 0 Å². The van der Waals surface area contributed by atoms with Gasteiger partial charge in [-0.25, -0.2) is 4.39 Å². The van der Waals surface area contributed by atoms with Gasteiger partial charge in [-0.3, -0.25) is 4.99 Å². The van der Waals surface area contributed by atoms with Crippen LogP contribution in [0.3, 0.4) is 0 Å². The van der Waals surface area contributed by atoms with Crippen molar-refractivity contribution in [2.24, 2.45) is 4.99 Å². The number of hydrogen-bond acceptors (Lipinski definition) is 4. The van der Waals surface area contributed by atoms with Gasteiger partial charge < -0.3 is 24.8 Å². The fourth-order valence-electron chi connectivity index (χ4n) is 3.82. The second-order valence-corrected chi connectivity index (χ2v) is 7.79. The lowest BCUT2D eigenvalue weighted by Crippen LogP contribution is -2.49. The standard InChI is InChI=1S/C24H32FN3O3/c1-18(31-22-7-5-4-6-21(22)29-3)16-27-23(26-2)28-17-24(12-14-30-15-13-24)19-8-10-20(25)11-9-19/h4-11,18H,12-17H2,1-3H3,(H2,26,27,28). The topological polar surface area (TPSA) is 64.1 Å². The second kappa shape index (κ2) is 11.0. The van der Waals surface area contributed by atoms with Crippen molar-refractivity contribution in [1.82, 2.24) is 10.6 Å². The summed E-state index contributed by atoms with van der Waals surface area (Å²) in [6.45, 7) is 4.63. The molecule has 168 valence electrons. The van der Waals surface area contributed by atoms with Crippen molar-refractivity contribution >= 4 is 5.96 Å². The van der Waals surface area contributed by atoms with Gasteiger partial charge >= 0.3 is 0 Å². The highest BCUT2D eigenvalue weighted by atomic mass is 19.1. The normalized spacial score (nSPS) is 17.0. The second-order valence-electron chi connectivity index (χ2n) is 7.79. The van der Waals surface area contributed by atoms with Crippen LogP contribution in [-0.2, 0) is 10.2 Å². The number of guanidine groups is 1. The lowest BCUT2D eigenvalue weighted by molar-refractivity contribution is 0.0513. The molecule has 1 aliphatic rings. The van der Waals surface area contributed by atoms with Crippen molar-refractivity contribution in [2.45, 2.75) is 31.3 Å². The first-order chi connectivity index (χ1) is 15.1. The molecule has 2 N–H and O–H groups in total. The summed E-state index contributed by atoms with van der Waals surface area (Å²) in [7, 11) is 3.37. The molecule has 7 heteroatoms. The van der Waals surface area contributed by atoms with E-state index in [9.17, 15) is 4.39 Å². The number of halogens is 1. The minimum Gasteiger partial charge on any atom is -0.493 e. The summed E-state index contributed by atoms with van der Waals surface area (Å²) in [5.41, 5.74) is 0.997. The maximum atomic E-state index is 13.4. The maximum absolute atomic E-state index is 13.4. The molecule has 2 aromatic carbocycles. The van der Waals surface area contributed by atoms with Crippen molar-refractivity contribution in [2.75, 3.05) is 40.5 Å². The summed E-state index contributed by atoms with van der Waals surface area (Å²) in [4.78, 5) is 4.35. The van der Waals surface area contributed by atoms with Gasteiger partial charge in [-0.05, 0) is 49.6 Å². The van der Waals surface area contributed by atoms with Crippen LogP contribution in [0.4, 0.5) is 4.39 Å². The molecule has 1 fully saturated rings. The predicted octanol–water partition coefficient (Wildman–Crippen LogP) is 3.52. The molecular formula is C24H32FN3O3. The first-order valence-corrected chi connectivity index (χ1v) is 10.6. The Kier molecular flexibility index (Phi) is 8.12. The summed E-state index contributed by atoms with van der Waals surface area (Å²) in [5, 5.41) is 6.77. The molecule has 0 bridgehead atoms. The first kappa shape index (κ1) is 22.9. The van der Waals surface area contributed by atoms with Gasteiger partial charge in [0.05, 0.1) is 13.7 Å². The van der Waals surface area contributed by atoms with E-state index in [1.807, 2.05) is 43.3 Å². The molecule has 31 heavy (non-hydrogen) atoms. The van der Waals surface area contributed by atoms with Crippen LogP contribution in [0, 0.1) is 5.82 Å². The zero-order chi connectivity index (χ0) is 22.1. The molecule has 6 nitrogen and oxygen atoms in total. The van der Waals surface area contributed by atoms with Crippen LogP contribution in [0.5, 0.6) is 11.5 Å². The van der Waals surface area contributed by atoms with Gasteiger partial charge in [0, 0.05) is 32.2 Å². The highest BCUT2D eigenvalue weighted by Gasteiger charge is 2.34. The van der Waals surface area contributed by atoms with Crippen molar-refractivity contribution in [3.8, 4) is 11.5 Å². The van der Waals surface area contributed by atoms with E-state index in [1.54, 1.807) is 14.2 Å². The van der Waals surface area contributed by atoms with Crippen LogP contribution in [0.15, 0.2) is 53.5 Å². The SMILES string of the molecule is CN=C(NCC(C)Oc1ccccc1OC)NCC1(c2ccc(F)cc2)CCOCC1. The third-order valence-electron chi connectivity index (χ3n) is 5.68. The van der Waals surface area contributed by atoms with Crippen molar-refractivity contribution in [1.29, 1.82) is 0 Å². The minimum absolute atomic E-state index is 0.0935. The third-order valence-corrected chi connectivity index (χ3v) is 5.68. The number of nitrogens with one attached hydrogen (secondary N) is 2. The van der Waals surface area contributed by atoms with Gasteiger partial charge in [0.25, 0.3) is 0 Å². The molecule has 0 aromatic heterocycles. The predicted molar refractivity (Wildman–Crippen MR) is 121 cm³/mol. The Morgan fingerprint density at radius 2 is 1.77 bits per heavy atom. The molecular weight excluding hydrogens is 397 g/mol. The highest BCUT2D eigenvalue weighted by Crippen LogP contribution is 2.34. The van der Waals surface area contributed by atoms with Crippen LogP contribution in [-0.4, -0.2) is 52.5 Å². The van der Waals surface area contributed by atoms with Crippen molar-refractivity contribution < 1.29 is 18.6 Å². The van der Waals surface area contributed by atoms with E-state index < -0.39 is 0 Å². The van der Waals surface area contributed by atoms with Gasteiger partial charge in [-0.1, -0.05) is 24.3 Å². The number of benzene rings is 2. The summed E-state index contributed by atoms with van der Waals surface area (Å²) in [6.07, 6.45) is 1.65. The molecule has 3 rings (SSSR count). The number of aliphatic imine (C=N–C) groups is 1. The number of nitrogens with zero attached hydrogens (tertiary/aromatic N) is 1. The lowest BCUT2D eigenvalue weighted by Gasteiger charge is -2.38.